The molecule has 2 aromatic carbocycles. The van der Waals surface area contributed by atoms with Gasteiger partial charge in [0.2, 0.25) is 0 Å². The summed E-state index contributed by atoms with van der Waals surface area (Å²) in [5.41, 5.74) is 3.90. The molecule has 0 aliphatic carbocycles. The van der Waals surface area contributed by atoms with Crippen LogP contribution in [0.15, 0.2) is 52.9 Å². The number of hydrogen-bond donors (Lipinski definition) is 0. The molecule has 0 N–H and O–H groups in total. The van der Waals surface area contributed by atoms with Crippen LogP contribution < -0.4 is 4.90 Å². The Morgan fingerprint density at radius 2 is 2.11 bits per heavy atom. The van der Waals surface area contributed by atoms with Crippen molar-refractivity contribution in [2.24, 2.45) is 0 Å². The van der Waals surface area contributed by atoms with Gasteiger partial charge in [-0.05, 0) is 36.8 Å². The number of nitrogens with zero attached hydrogens (tertiary/aromatic N) is 2. The number of thioether (sulfide) groups is 1. The largest absolute Gasteiger partial charge is 0.452 e. The second-order valence-corrected chi connectivity index (χ2v) is 8.71. The minimum atomic E-state index is -0.496. The van der Waals surface area contributed by atoms with E-state index in [1.165, 1.54) is 11.3 Å². The first kappa shape index (κ1) is 18.0. The molecule has 0 radical (unpaired) electrons. The van der Waals surface area contributed by atoms with E-state index in [9.17, 15) is 9.59 Å². The molecule has 0 spiro atoms. The molecule has 4 rings (SSSR count). The van der Waals surface area contributed by atoms with Crippen LogP contribution in [0.4, 0.5) is 5.69 Å². The van der Waals surface area contributed by atoms with Gasteiger partial charge in [0.25, 0.3) is 5.91 Å². The van der Waals surface area contributed by atoms with Gasteiger partial charge in [-0.2, -0.15) is 0 Å². The van der Waals surface area contributed by atoms with Gasteiger partial charge >= 0.3 is 5.97 Å². The number of rotatable bonds is 3. The highest BCUT2D eigenvalue weighted by Gasteiger charge is 2.25. The predicted octanol–water partition coefficient (Wildman–Crippen LogP) is 4.37. The predicted molar refractivity (Wildman–Crippen MR) is 109 cm³/mol. The molecule has 5 nitrogen and oxygen atoms in total. The van der Waals surface area contributed by atoms with Gasteiger partial charge in [-0.1, -0.05) is 19.1 Å². The third kappa shape index (κ3) is 3.84. The lowest BCUT2D eigenvalue weighted by Crippen LogP contribution is -2.35. The number of aromatic nitrogens is 1. The number of benzene rings is 2. The van der Waals surface area contributed by atoms with Crippen LogP contribution in [0.5, 0.6) is 0 Å². The van der Waals surface area contributed by atoms with Crippen LogP contribution in [0.3, 0.4) is 0 Å². The van der Waals surface area contributed by atoms with Crippen molar-refractivity contribution in [2.45, 2.75) is 23.5 Å². The van der Waals surface area contributed by atoms with E-state index in [-0.39, 0.29) is 12.5 Å². The number of para-hydroxylation sites is 1. The van der Waals surface area contributed by atoms with Crippen LogP contribution in [0, 0.1) is 0 Å². The molecule has 0 unspecified atom stereocenters. The van der Waals surface area contributed by atoms with Gasteiger partial charge in [-0.25, -0.2) is 9.78 Å². The summed E-state index contributed by atoms with van der Waals surface area (Å²) in [6.45, 7) is 2.51. The molecule has 1 amide bonds. The third-order valence-corrected chi connectivity index (χ3v) is 6.47. The highest BCUT2D eigenvalue weighted by atomic mass is 32.2. The molecule has 27 heavy (non-hydrogen) atoms. The fourth-order valence-corrected chi connectivity index (χ4v) is 4.85. The van der Waals surface area contributed by atoms with Crippen LogP contribution >= 0.6 is 23.1 Å². The molecule has 138 valence electrons. The van der Waals surface area contributed by atoms with E-state index in [0.717, 1.165) is 27.2 Å². The number of amides is 1. The van der Waals surface area contributed by atoms with E-state index in [1.54, 1.807) is 40.4 Å². The maximum absolute atomic E-state index is 12.8. The summed E-state index contributed by atoms with van der Waals surface area (Å²) in [5.74, 6) is -0.700. The van der Waals surface area contributed by atoms with Crippen molar-refractivity contribution in [3.8, 4) is 0 Å². The summed E-state index contributed by atoms with van der Waals surface area (Å²) in [6.07, 6.45) is 0.890. The standard InChI is InChI=1S/C20H18N2O3S2/c1-13-8-9-22(16-4-2-3-5-17(16)27-13)19(23)11-25-20(24)14-6-7-15-18(10-14)26-12-21-15/h2-7,10,12-13H,8-9,11H2,1H3/t13-/m0/s1. The summed E-state index contributed by atoms with van der Waals surface area (Å²) < 4.78 is 6.22. The van der Waals surface area contributed by atoms with Crippen molar-refractivity contribution in [1.82, 2.24) is 4.98 Å². The van der Waals surface area contributed by atoms with Crippen molar-refractivity contribution >= 4 is 50.9 Å². The summed E-state index contributed by atoms with van der Waals surface area (Å²) in [6, 6.07) is 13.1. The molecule has 1 aliphatic heterocycles. The van der Waals surface area contributed by atoms with Gasteiger partial charge in [0.05, 0.1) is 27.0 Å². The van der Waals surface area contributed by atoms with Crippen LogP contribution in [-0.4, -0.2) is 35.3 Å². The minimum absolute atomic E-state index is 0.204. The zero-order valence-electron chi connectivity index (χ0n) is 14.8. The number of ether oxygens (including phenoxy) is 1. The van der Waals surface area contributed by atoms with Crippen molar-refractivity contribution in [3.05, 3.63) is 53.5 Å². The molecule has 1 atom stereocenters. The Labute approximate surface area is 165 Å². The Hall–Kier alpha value is -2.38. The SMILES string of the molecule is C[C@H]1CCN(C(=O)COC(=O)c2ccc3ncsc3c2)c2ccccc2S1. The third-order valence-electron chi connectivity index (χ3n) is 4.44. The lowest BCUT2D eigenvalue weighted by Gasteiger charge is -2.22. The molecule has 0 saturated heterocycles. The Morgan fingerprint density at radius 1 is 1.26 bits per heavy atom. The van der Waals surface area contributed by atoms with Crippen molar-refractivity contribution in [3.63, 3.8) is 0 Å². The first-order valence-corrected chi connectivity index (χ1v) is 10.4. The number of hydrogen-bond acceptors (Lipinski definition) is 6. The average Bonchev–Trinajstić information content (AvgIpc) is 3.08. The van der Waals surface area contributed by atoms with E-state index in [2.05, 4.69) is 11.9 Å². The second-order valence-electron chi connectivity index (χ2n) is 6.34. The average molecular weight is 399 g/mol. The normalized spacial score (nSPS) is 16.6. The zero-order valence-corrected chi connectivity index (χ0v) is 16.4. The summed E-state index contributed by atoms with van der Waals surface area (Å²) in [4.78, 5) is 32.1. The van der Waals surface area contributed by atoms with E-state index < -0.39 is 5.97 Å². The highest BCUT2D eigenvalue weighted by Crippen LogP contribution is 2.37. The first-order valence-electron chi connectivity index (χ1n) is 8.68. The van der Waals surface area contributed by atoms with Crippen LogP contribution in [0.1, 0.15) is 23.7 Å². The van der Waals surface area contributed by atoms with Gasteiger partial charge in [-0.15, -0.1) is 23.1 Å². The number of carbonyl (C=O) groups excluding carboxylic acids is 2. The maximum Gasteiger partial charge on any atom is 0.338 e. The molecular weight excluding hydrogens is 380 g/mol. The Balaban J connectivity index is 1.46. The number of esters is 1. The lowest BCUT2D eigenvalue weighted by atomic mass is 10.2. The molecule has 1 aliphatic rings. The number of thiazole rings is 1. The van der Waals surface area contributed by atoms with E-state index >= 15 is 0 Å². The van der Waals surface area contributed by atoms with Gasteiger partial charge < -0.3 is 9.64 Å². The summed E-state index contributed by atoms with van der Waals surface area (Å²) in [5, 5.41) is 0.428. The van der Waals surface area contributed by atoms with E-state index in [0.29, 0.717) is 17.4 Å². The van der Waals surface area contributed by atoms with Crippen LogP contribution in [0.2, 0.25) is 0 Å². The Bertz CT molecular complexity index is 1000. The first-order chi connectivity index (χ1) is 13.1. The summed E-state index contributed by atoms with van der Waals surface area (Å²) in [7, 11) is 0. The monoisotopic (exact) mass is 398 g/mol. The van der Waals surface area contributed by atoms with Crippen molar-refractivity contribution in [2.75, 3.05) is 18.1 Å². The van der Waals surface area contributed by atoms with Gasteiger partial charge in [-0.3, -0.25) is 4.79 Å². The molecule has 1 aromatic heterocycles. The fraction of sp³-hybridized carbons (Fsp3) is 0.250. The van der Waals surface area contributed by atoms with Crippen LogP contribution in [-0.2, 0) is 9.53 Å². The quantitative estimate of drug-likeness (QED) is 0.613. The lowest BCUT2D eigenvalue weighted by molar-refractivity contribution is -0.121. The van der Waals surface area contributed by atoms with Crippen LogP contribution in [0.25, 0.3) is 10.2 Å². The zero-order chi connectivity index (χ0) is 18.8. The molecule has 0 saturated carbocycles. The second kappa shape index (κ2) is 7.70. The number of anilines is 1. The molecule has 7 heteroatoms. The topological polar surface area (TPSA) is 59.5 Å². The Morgan fingerprint density at radius 3 is 3.00 bits per heavy atom. The fourth-order valence-electron chi connectivity index (χ4n) is 3.02. The summed E-state index contributed by atoms with van der Waals surface area (Å²) >= 11 is 3.24. The molecule has 3 aromatic rings. The molecule has 2 heterocycles. The van der Waals surface area contributed by atoms with Gasteiger partial charge in [0, 0.05) is 16.7 Å². The number of fused-ring (bicyclic) bond motifs is 2. The van der Waals surface area contributed by atoms with Gasteiger partial charge in [0.15, 0.2) is 6.61 Å². The molecule has 0 bridgehead atoms. The number of carbonyl (C=O) groups is 2. The molecular formula is C20H18N2O3S2. The molecule has 0 fully saturated rings. The highest BCUT2D eigenvalue weighted by molar-refractivity contribution is 8.00. The van der Waals surface area contributed by atoms with E-state index in [1.807, 2.05) is 24.3 Å². The van der Waals surface area contributed by atoms with E-state index in [4.69, 9.17) is 4.74 Å². The smallest absolute Gasteiger partial charge is 0.338 e. The maximum atomic E-state index is 12.8. The van der Waals surface area contributed by atoms with Crippen molar-refractivity contribution in [1.29, 1.82) is 0 Å². The minimum Gasteiger partial charge on any atom is -0.452 e. The van der Waals surface area contributed by atoms with Gasteiger partial charge in [0.1, 0.15) is 0 Å². The Kier molecular flexibility index (Phi) is 5.13. The van der Waals surface area contributed by atoms with Crippen molar-refractivity contribution < 1.29 is 14.3 Å².